The van der Waals surface area contributed by atoms with Gasteiger partial charge in [0.05, 0.1) is 38.5 Å². The van der Waals surface area contributed by atoms with Crippen LogP contribution in [0.1, 0.15) is 62.0 Å². The van der Waals surface area contributed by atoms with Gasteiger partial charge in [-0.05, 0) is 92.8 Å². The Hall–Kier alpha value is -4.04. The minimum Gasteiger partial charge on any atom is -0.496 e. The Kier molecular flexibility index (Phi) is 13.3. The topological polar surface area (TPSA) is 147 Å². The summed E-state index contributed by atoms with van der Waals surface area (Å²) < 4.78 is 6.11. The second-order valence-electron chi connectivity index (χ2n) is 18.2. The number of ether oxygens (including phenoxy) is 1. The number of rotatable bonds is 16. The van der Waals surface area contributed by atoms with E-state index in [-0.39, 0.29) is 43.0 Å². The molecule has 1 heterocycles. The molecule has 0 radical (unpaired) electrons. The van der Waals surface area contributed by atoms with Gasteiger partial charge in [0.2, 0.25) is 5.91 Å². The summed E-state index contributed by atoms with van der Waals surface area (Å²) in [4.78, 5) is 38.8. The lowest BCUT2D eigenvalue weighted by Gasteiger charge is -2.62. The van der Waals surface area contributed by atoms with E-state index in [9.17, 15) is 24.9 Å². The highest BCUT2D eigenvalue weighted by molar-refractivity contribution is 5.97. The zero-order valence-electron chi connectivity index (χ0n) is 35.7. The summed E-state index contributed by atoms with van der Waals surface area (Å²) in [5.41, 5.74) is 3.72. The Morgan fingerprint density at radius 1 is 1.03 bits per heavy atom. The van der Waals surface area contributed by atoms with Crippen molar-refractivity contribution in [2.75, 3.05) is 60.0 Å². The summed E-state index contributed by atoms with van der Waals surface area (Å²) in [7, 11) is 9.26. The van der Waals surface area contributed by atoms with E-state index in [1.807, 2.05) is 105 Å². The van der Waals surface area contributed by atoms with Crippen LogP contribution in [0.25, 0.3) is 11.1 Å². The summed E-state index contributed by atoms with van der Waals surface area (Å²) in [5, 5.41) is 40.3. The van der Waals surface area contributed by atoms with Crippen LogP contribution in [0.3, 0.4) is 0 Å². The Morgan fingerprint density at radius 2 is 1.76 bits per heavy atom. The molecular formula is C46H65N5O7. The first-order chi connectivity index (χ1) is 27.5. The first-order valence-corrected chi connectivity index (χ1v) is 20.7. The molecule has 3 aromatic carbocycles. The largest absolute Gasteiger partial charge is 0.496 e. The third-order valence-corrected chi connectivity index (χ3v) is 13.4. The lowest BCUT2D eigenvalue weighted by atomic mass is 9.45. The highest BCUT2D eigenvalue weighted by Gasteiger charge is 2.57. The number of aliphatic hydroxyl groups is 3. The van der Waals surface area contributed by atoms with E-state index in [1.165, 1.54) is 6.42 Å². The zero-order chi connectivity index (χ0) is 42.1. The molecule has 58 heavy (non-hydrogen) atoms. The highest BCUT2D eigenvalue weighted by Crippen LogP contribution is 2.61. The van der Waals surface area contributed by atoms with Crippen LogP contribution < -0.4 is 20.3 Å². The maximum absolute atomic E-state index is 14.3. The summed E-state index contributed by atoms with van der Waals surface area (Å²) >= 11 is 0. The van der Waals surface area contributed by atoms with Crippen LogP contribution in [-0.2, 0) is 22.6 Å². The number of aliphatic hydroxyl groups excluding tert-OH is 3. The second-order valence-corrected chi connectivity index (χ2v) is 18.2. The van der Waals surface area contributed by atoms with Crippen LogP contribution in [0.2, 0.25) is 0 Å². The molecule has 12 nitrogen and oxygen atoms in total. The minimum absolute atomic E-state index is 0.0194. The number of hydrogen-bond donors (Lipinski definition) is 5. The Labute approximate surface area is 344 Å². The van der Waals surface area contributed by atoms with Gasteiger partial charge in [-0.3, -0.25) is 14.4 Å². The monoisotopic (exact) mass is 799 g/mol. The molecule has 1 saturated heterocycles. The summed E-state index contributed by atoms with van der Waals surface area (Å²) in [6, 6.07) is 20.4. The van der Waals surface area contributed by atoms with Crippen LogP contribution in [0, 0.1) is 29.1 Å². The number of carbonyl (C=O) groups excluding carboxylic acids is 2. The molecule has 2 bridgehead atoms. The molecule has 4 aliphatic rings. The standard InChI is InChI=1S/C46H65N5O7/c1-28-37-21-34(45(37,3)4)22-38(28)47-44(56)41-40(29(2)54)39(25-52)58-51(41)24-31-16-13-17-36(42(31)57-9)32-18-33(20-35(19-32)50(7)8)43(55)48-46(27-53,26-49(5)6)23-30-14-11-10-12-15-30/h10-20,28-29,34,37-41,52-54H,21-27H2,1-9H3,(H,47,56)(H,48,55)/t28-,29-,34+,37-,38-,39-,40+,41-,46?/m0/s1. The van der Waals surface area contributed by atoms with Crippen molar-refractivity contribution >= 4 is 17.5 Å². The number of carbonyl (C=O) groups is 2. The average Bonchev–Trinajstić information content (AvgIpc) is 3.56. The van der Waals surface area contributed by atoms with Gasteiger partial charge >= 0.3 is 0 Å². The normalized spacial score (nSPS) is 26.7. The van der Waals surface area contributed by atoms with Gasteiger partial charge in [0.1, 0.15) is 17.9 Å². The van der Waals surface area contributed by atoms with Crippen LogP contribution in [-0.4, -0.2) is 122 Å². The third-order valence-electron chi connectivity index (χ3n) is 13.4. The van der Waals surface area contributed by atoms with Gasteiger partial charge in [-0.1, -0.05) is 69.3 Å². The third kappa shape index (κ3) is 8.78. The molecule has 7 rings (SSSR count). The van der Waals surface area contributed by atoms with Crippen LogP contribution in [0.15, 0.2) is 66.7 Å². The smallest absolute Gasteiger partial charge is 0.251 e. The van der Waals surface area contributed by atoms with Gasteiger partial charge < -0.3 is 40.5 Å². The van der Waals surface area contributed by atoms with E-state index in [2.05, 4.69) is 31.4 Å². The number of anilines is 1. The Morgan fingerprint density at radius 3 is 2.34 bits per heavy atom. The molecule has 1 unspecified atom stereocenters. The van der Waals surface area contributed by atoms with Crippen molar-refractivity contribution in [1.29, 1.82) is 0 Å². The fourth-order valence-corrected chi connectivity index (χ4v) is 10.2. The number of nitrogens with one attached hydrogen (secondary N) is 2. The van der Waals surface area contributed by atoms with Crippen molar-refractivity contribution in [3.8, 4) is 16.9 Å². The lowest BCUT2D eigenvalue weighted by Crippen LogP contribution is -2.62. The summed E-state index contributed by atoms with van der Waals surface area (Å²) in [6.07, 6.45) is 0.845. The molecular weight excluding hydrogens is 735 g/mol. The van der Waals surface area contributed by atoms with Gasteiger partial charge in [0.15, 0.2) is 0 Å². The molecule has 1 aliphatic heterocycles. The van der Waals surface area contributed by atoms with Crippen molar-refractivity contribution in [2.24, 2.45) is 29.1 Å². The molecule has 3 aromatic rings. The van der Waals surface area contributed by atoms with Crippen molar-refractivity contribution in [2.45, 2.75) is 83.3 Å². The molecule has 5 N–H and O–H groups in total. The van der Waals surface area contributed by atoms with E-state index in [0.29, 0.717) is 42.0 Å². The number of methoxy groups -OCH3 is 1. The molecule has 0 aromatic heterocycles. The van der Waals surface area contributed by atoms with Gasteiger partial charge in [0.25, 0.3) is 5.91 Å². The van der Waals surface area contributed by atoms with Crippen molar-refractivity contribution in [3.05, 3.63) is 83.4 Å². The van der Waals surface area contributed by atoms with Gasteiger partial charge in [0, 0.05) is 55.0 Å². The quantitative estimate of drug-likeness (QED) is 0.142. The number of likely N-dealkylation sites (N-methyl/N-ethyl adjacent to an activating group) is 1. The molecule has 3 saturated carbocycles. The van der Waals surface area contributed by atoms with Crippen molar-refractivity contribution < 1.29 is 34.5 Å². The lowest BCUT2D eigenvalue weighted by molar-refractivity contribution is -0.183. The molecule has 4 fully saturated rings. The average molecular weight is 800 g/mol. The summed E-state index contributed by atoms with van der Waals surface area (Å²) in [6.45, 7) is 8.47. The van der Waals surface area contributed by atoms with Gasteiger partial charge in [-0.15, -0.1) is 0 Å². The number of amides is 2. The van der Waals surface area contributed by atoms with Gasteiger partial charge in [-0.2, -0.15) is 5.06 Å². The SMILES string of the molecule is COc1c(CN2O[C@@H](CO)[C@@H]([C@H](C)O)[C@H]2C(=O)N[C@H]2C[C@H]3C[C@@H]([C@@H]2C)C3(C)C)cccc1-c1cc(C(=O)NC(CO)(Cc2ccccc2)CN(C)C)cc(N(C)C)c1. The van der Waals surface area contributed by atoms with Crippen LogP contribution in [0.5, 0.6) is 5.75 Å². The maximum Gasteiger partial charge on any atom is 0.251 e. The highest BCUT2D eigenvalue weighted by atomic mass is 16.7. The van der Waals surface area contributed by atoms with E-state index in [4.69, 9.17) is 9.57 Å². The van der Waals surface area contributed by atoms with E-state index >= 15 is 0 Å². The van der Waals surface area contributed by atoms with E-state index < -0.39 is 29.7 Å². The first kappa shape index (κ1) is 43.5. The maximum atomic E-state index is 14.3. The second kappa shape index (κ2) is 17.7. The first-order valence-electron chi connectivity index (χ1n) is 20.7. The number of fused-ring (bicyclic) bond motifs is 2. The molecule has 12 heteroatoms. The Balaban J connectivity index is 1.31. The fourth-order valence-electron chi connectivity index (χ4n) is 10.2. The predicted octanol–water partition coefficient (Wildman–Crippen LogP) is 4.35. The number of hydrogen-bond acceptors (Lipinski definition) is 10. The minimum atomic E-state index is -0.950. The molecule has 2 amide bonds. The molecule has 316 valence electrons. The molecule has 3 aliphatic carbocycles. The van der Waals surface area contributed by atoms with Crippen LogP contribution in [0.4, 0.5) is 5.69 Å². The number of benzene rings is 3. The number of para-hydroxylation sites is 1. The fraction of sp³-hybridized carbons (Fsp3) is 0.565. The van der Waals surface area contributed by atoms with E-state index in [0.717, 1.165) is 34.4 Å². The van der Waals surface area contributed by atoms with Crippen molar-refractivity contribution in [3.63, 3.8) is 0 Å². The predicted molar refractivity (Wildman–Crippen MR) is 226 cm³/mol. The van der Waals surface area contributed by atoms with E-state index in [1.54, 1.807) is 19.1 Å². The Bertz CT molecular complexity index is 1900. The van der Waals surface area contributed by atoms with Crippen LogP contribution >= 0.6 is 0 Å². The van der Waals surface area contributed by atoms with Gasteiger partial charge in [-0.25, -0.2) is 0 Å². The zero-order valence-corrected chi connectivity index (χ0v) is 35.7. The molecule has 9 atom stereocenters. The molecule has 0 spiro atoms. The van der Waals surface area contributed by atoms with Crippen molar-refractivity contribution in [1.82, 2.24) is 20.6 Å². The number of nitrogens with zero attached hydrogens (tertiary/aromatic N) is 3. The summed E-state index contributed by atoms with van der Waals surface area (Å²) in [5.74, 6) is 0.750. The number of hydroxylamine groups is 2.